The molecule has 51 heavy (non-hydrogen) atoms. The summed E-state index contributed by atoms with van der Waals surface area (Å²) in [7, 11) is 1.75. The third-order valence-electron chi connectivity index (χ3n) is 8.61. The first-order valence-electron chi connectivity index (χ1n) is 16.9. The molecule has 0 spiro atoms. The molecule has 1 aromatic heterocycles. The van der Waals surface area contributed by atoms with Gasteiger partial charge in [-0.15, -0.1) is 0 Å². The number of imidazole rings is 1. The molecule has 6 rings (SSSR count). The molecule has 11 heteroatoms. The van der Waals surface area contributed by atoms with Crippen LogP contribution in [0.15, 0.2) is 122 Å². The van der Waals surface area contributed by atoms with Crippen LogP contribution in [-0.2, 0) is 47.2 Å². The Balaban J connectivity index is 1.33. The Kier molecular flexibility index (Phi) is 11.2. The fraction of sp³-hybridized carbons (Fsp3) is 0.225. The fourth-order valence-electron chi connectivity index (χ4n) is 5.94. The highest BCUT2D eigenvalue weighted by atomic mass is 16.5. The molecule has 0 saturated heterocycles. The molecule has 4 bridgehead atoms. The van der Waals surface area contributed by atoms with Gasteiger partial charge in [-0.1, -0.05) is 84.9 Å². The predicted octanol–water partition coefficient (Wildman–Crippen LogP) is 4.03. The van der Waals surface area contributed by atoms with Gasteiger partial charge >= 0.3 is 0 Å². The standard InChI is InChI=1S/C40H40N6O5/c1-46-25-36(42-26-46)40(50)45-35-23-30-15-9-17-32(21-30)51-31-16-8-14-29(20-31)22-34(37(47)41-24-28-12-6-3-7-13-28)44-38(48)33(43-39(35)49)19-18-27-10-4-2-5-11-27/h2-17,20-21,25-26,33-35H,18-19,22-24H2,1H3,(H,41,47)(H,43,49)(H,44,48)(H,45,50)/t33-,34-,35-/m0/s1. The summed E-state index contributed by atoms with van der Waals surface area (Å²) in [5, 5.41) is 11.6. The molecular weight excluding hydrogens is 644 g/mol. The number of fused-ring (bicyclic) bond motifs is 4. The van der Waals surface area contributed by atoms with E-state index in [1.807, 2.05) is 103 Å². The van der Waals surface area contributed by atoms with E-state index in [-0.39, 0.29) is 37.4 Å². The fourth-order valence-corrected chi connectivity index (χ4v) is 5.94. The number of aryl methyl sites for hydroxylation is 2. The van der Waals surface area contributed by atoms with Crippen LogP contribution in [0.1, 0.15) is 39.2 Å². The lowest BCUT2D eigenvalue weighted by Gasteiger charge is -2.26. The predicted molar refractivity (Wildman–Crippen MR) is 192 cm³/mol. The zero-order valence-electron chi connectivity index (χ0n) is 28.3. The summed E-state index contributed by atoms with van der Waals surface area (Å²) >= 11 is 0. The maximum Gasteiger partial charge on any atom is 0.272 e. The maximum absolute atomic E-state index is 14.2. The number of carbonyl (C=O) groups is 4. The minimum atomic E-state index is -1.07. The first-order chi connectivity index (χ1) is 24.8. The van der Waals surface area contributed by atoms with Crippen molar-refractivity contribution < 1.29 is 23.9 Å². The van der Waals surface area contributed by atoms with E-state index < -0.39 is 35.8 Å². The molecular formula is C40H40N6O5. The summed E-state index contributed by atoms with van der Waals surface area (Å²) in [5.74, 6) is -0.893. The highest BCUT2D eigenvalue weighted by molar-refractivity contribution is 5.97. The van der Waals surface area contributed by atoms with Crippen LogP contribution in [0.3, 0.4) is 0 Å². The second kappa shape index (κ2) is 16.4. The van der Waals surface area contributed by atoms with Gasteiger partial charge in [0.1, 0.15) is 35.3 Å². The average molecular weight is 685 g/mol. The minimum Gasteiger partial charge on any atom is -0.457 e. The van der Waals surface area contributed by atoms with Gasteiger partial charge in [0.15, 0.2) is 0 Å². The van der Waals surface area contributed by atoms with E-state index >= 15 is 0 Å². The van der Waals surface area contributed by atoms with Gasteiger partial charge < -0.3 is 30.6 Å². The SMILES string of the molecule is Cn1cnc(C(=O)N[C@H]2Cc3cccc(c3)Oc3cccc(c3)C[C@@H](C(=O)NCc3ccccc3)NC(=O)[C@H](CCc3ccccc3)NC2=O)c1. The number of aromatic nitrogens is 2. The molecule has 0 saturated carbocycles. The van der Waals surface area contributed by atoms with Crippen LogP contribution in [0.5, 0.6) is 11.5 Å². The number of amides is 4. The summed E-state index contributed by atoms with van der Waals surface area (Å²) in [6.07, 6.45) is 4.08. The Bertz CT molecular complexity index is 1980. The van der Waals surface area contributed by atoms with Crippen molar-refractivity contribution in [2.75, 3.05) is 0 Å². The highest BCUT2D eigenvalue weighted by Gasteiger charge is 2.31. The van der Waals surface area contributed by atoms with Crippen molar-refractivity contribution >= 4 is 23.6 Å². The Labute approximate surface area is 296 Å². The zero-order chi connectivity index (χ0) is 35.6. The Morgan fingerprint density at radius 2 is 1.45 bits per heavy atom. The molecule has 0 fully saturated rings. The topological polar surface area (TPSA) is 143 Å². The maximum atomic E-state index is 14.2. The second-order valence-electron chi connectivity index (χ2n) is 12.6. The number of hydrogen-bond acceptors (Lipinski definition) is 6. The quantitative estimate of drug-likeness (QED) is 0.195. The second-order valence-corrected chi connectivity index (χ2v) is 12.6. The van der Waals surface area contributed by atoms with E-state index in [0.29, 0.717) is 17.9 Å². The molecule has 4 amide bonds. The smallest absolute Gasteiger partial charge is 0.272 e. The van der Waals surface area contributed by atoms with Crippen molar-refractivity contribution in [1.29, 1.82) is 0 Å². The monoisotopic (exact) mass is 684 g/mol. The normalized spacial score (nSPS) is 17.7. The van der Waals surface area contributed by atoms with E-state index in [9.17, 15) is 19.2 Å². The van der Waals surface area contributed by atoms with Crippen molar-refractivity contribution in [3.8, 4) is 11.5 Å². The Morgan fingerprint density at radius 3 is 2.10 bits per heavy atom. The van der Waals surface area contributed by atoms with E-state index in [4.69, 9.17) is 4.74 Å². The van der Waals surface area contributed by atoms with Gasteiger partial charge in [-0.05, 0) is 59.4 Å². The van der Waals surface area contributed by atoms with Gasteiger partial charge in [-0.3, -0.25) is 19.2 Å². The molecule has 0 radical (unpaired) electrons. The molecule has 0 aliphatic carbocycles. The molecule has 4 N–H and O–H groups in total. The summed E-state index contributed by atoms with van der Waals surface area (Å²) in [5.41, 5.74) is 3.56. The van der Waals surface area contributed by atoms with E-state index in [0.717, 1.165) is 22.3 Å². The molecule has 0 unspecified atom stereocenters. The molecule has 2 heterocycles. The van der Waals surface area contributed by atoms with Gasteiger partial charge in [0.05, 0.1) is 6.33 Å². The molecule has 11 nitrogen and oxygen atoms in total. The molecule has 4 aromatic carbocycles. The van der Waals surface area contributed by atoms with Crippen molar-refractivity contribution in [2.24, 2.45) is 7.05 Å². The third kappa shape index (κ3) is 9.69. The number of nitrogens with one attached hydrogen (secondary N) is 4. The summed E-state index contributed by atoms with van der Waals surface area (Å²) in [6, 6.07) is 30.7. The van der Waals surface area contributed by atoms with Gasteiger partial charge in [0.2, 0.25) is 17.7 Å². The van der Waals surface area contributed by atoms with Gasteiger partial charge in [-0.25, -0.2) is 4.98 Å². The zero-order valence-corrected chi connectivity index (χ0v) is 28.3. The van der Waals surface area contributed by atoms with Gasteiger partial charge in [-0.2, -0.15) is 0 Å². The summed E-state index contributed by atoms with van der Waals surface area (Å²) in [6.45, 7) is 0.275. The lowest BCUT2D eigenvalue weighted by atomic mass is 10.0. The number of nitrogens with zero attached hydrogens (tertiary/aromatic N) is 2. The summed E-state index contributed by atoms with van der Waals surface area (Å²) < 4.78 is 7.84. The first-order valence-corrected chi connectivity index (χ1v) is 16.9. The number of ether oxygens (including phenoxy) is 1. The third-order valence-corrected chi connectivity index (χ3v) is 8.61. The van der Waals surface area contributed by atoms with E-state index in [2.05, 4.69) is 26.3 Å². The van der Waals surface area contributed by atoms with Crippen molar-refractivity contribution in [3.05, 3.63) is 150 Å². The Hall–Kier alpha value is -6.23. The molecule has 3 atom stereocenters. The molecule has 260 valence electrons. The van der Waals surface area contributed by atoms with Crippen molar-refractivity contribution in [3.63, 3.8) is 0 Å². The first kappa shape index (κ1) is 34.6. The molecule has 5 aromatic rings. The minimum absolute atomic E-state index is 0.110. The highest BCUT2D eigenvalue weighted by Crippen LogP contribution is 2.25. The van der Waals surface area contributed by atoms with E-state index in [1.165, 1.54) is 6.33 Å². The van der Waals surface area contributed by atoms with Crippen LogP contribution < -0.4 is 26.0 Å². The molecule has 1 aliphatic heterocycles. The number of carbonyl (C=O) groups excluding carboxylic acids is 4. The van der Waals surface area contributed by atoms with Gasteiger partial charge in [0, 0.05) is 32.6 Å². The number of hydrogen-bond donors (Lipinski definition) is 4. The number of benzene rings is 4. The average Bonchev–Trinajstić information content (AvgIpc) is 3.58. The van der Waals surface area contributed by atoms with Crippen LogP contribution in [0, 0.1) is 0 Å². The van der Waals surface area contributed by atoms with Crippen LogP contribution in [-0.4, -0.2) is 51.3 Å². The van der Waals surface area contributed by atoms with Crippen LogP contribution >= 0.6 is 0 Å². The lowest BCUT2D eigenvalue weighted by Crippen LogP contribution is -2.57. The largest absolute Gasteiger partial charge is 0.457 e. The lowest BCUT2D eigenvalue weighted by molar-refractivity contribution is -0.132. The summed E-state index contributed by atoms with van der Waals surface area (Å²) in [4.78, 5) is 59.4. The van der Waals surface area contributed by atoms with Crippen molar-refractivity contribution in [2.45, 2.75) is 50.4 Å². The van der Waals surface area contributed by atoms with Gasteiger partial charge in [0.25, 0.3) is 5.91 Å². The van der Waals surface area contributed by atoms with Crippen LogP contribution in [0.2, 0.25) is 0 Å². The van der Waals surface area contributed by atoms with Crippen LogP contribution in [0.4, 0.5) is 0 Å². The van der Waals surface area contributed by atoms with Crippen molar-refractivity contribution in [1.82, 2.24) is 30.8 Å². The van der Waals surface area contributed by atoms with E-state index in [1.54, 1.807) is 23.9 Å². The molecule has 1 aliphatic rings. The van der Waals surface area contributed by atoms with Crippen LogP contribution in [0.25, 0.3) is 0 Å². The number of rotatable bonds is 8. The Morgan fingerprint density at radius 1 is 0.804 bits per heavy atom.